The monoisotopic (exact) mass is 402 g/mol. The molecule has 0 radical (unpaired) electrons. The highest BCUT2D eigenvalue weighted by Gasteiger charge is 2.18. The van der Waals surface area contributed by atoms with Crippen LogP contribution < -0.4 is 10.0 Å². The first-order chi connectivity index (χ1) is 12.8. The van der Waals surface area contributed by atoms with E-state index in [9.17, 15) is 18.3 Å². The number of ether oxygens (including phenoxy) is 2. The van der Waals surface area contributed by atoms with Gasteiger partial charge in [-0.05, 0) is 51.8 Å². The van der Waals surface area contributed by atoms with E-state index in [1.807, 2.05) is 20.8 Å². The molecule has 1 rings (SSSR count). The zero-order valence-electron chi connectivity index (χ0n) is 16.2. The molecule has 0 saturated heterocycles. The maximum atomic E-state index is 12.3. The molecule has 0 spiro atoms. The van der Waals surface area contributed by atoms with E-state index < -0.39 is 16.0 Å². The number of carboxylic acid groups (broad SMARTS) is 1. The minimum Gasteiger partial charge on any atom is -0.478 e. The Morgan fingerprint density at radius 3 is 2.52 bits per heavy atom. The lowest BCUT2D eigenvalue weighted by Gasteiger charge is -2.13. The van der Waals surface area contributed by atoms with E-state index in [1.165, 1.54) is 18.2 Å². The number of carboxylic acids is 1. The predicted molar refractivity (Wildman–Crippen MR) is 104 cm³/mol. The van der Waals surface area contributed by atoms with Crippen LogP contribution >= 0.6 is 0 Å². The SMILES string of the molecule is CCOCCCNS(=O)(=O)c1ccc(NCCCOC(C)C)c(C(=O)O)c1. The van der Waals surface area contributed by atoms with E-state index >= 15 is 0 Å². The highest BCUT2D eigenvalue weighted by molar-refractivity contribution is 7.89. The summed E-state index contributed by atoms with van der Waals surface area (Å²) in [5.74, 6) is -1.19. The maximum absolute atomic E-state index is 12.3. The quantitative estimate of drug-likeness (QED) is 0.409. The average molecular weight is 403 g/mol. The third kappa shape index (κ3) is 8.70. The van der Waals surface area contributed by atoms with Gasteiger partial charge >= 0.3 is 5.97 Å². The molecule has 0 bridgehead atoms. The summed E-state index contributed by atoms with van der Waals surface area (Å²) in [4.78, 5) is 11.4. The lowest BCUT2D eigenvalue weighted by molar-refractivity contribution is 0.0697. The van der Waals surface area contributed by atoms with Crippen LogP contribution in [0.15, 0.2) is 23.1 Å². The molecule has 0 unspecified atom stereocenters. The molecule has 27 heavy (non-hydrogen) atoms. The standard InChI is InChI=1S/C18H30N2O6S/c1-4-25-11-6-10-20-27(23,24)15-7-8-17(16(13-15)18(21)22)19-9-5-12-26-14(2)3/h7-8,13-14,19-20H,4-6,9-12H2,1-3H3,(H,21,22). The highest BCUT2D eigenvalue weighted by Crippen LogP contribution is 2.21. The normalized spacial score (nSPS) is 11.7. The largest absolute Gasteiger partial charge is 0.478 e. The Labute approximate surface area is 161 Å². The van der Waals surface area contributed by atoms with E-state index in [0.29, 0.717) is 44.9 Å². The molecular weight excluding hydrogens is 372 g/mol. The van der Waals surface area contributed by atoms with Gasteiger partial charge in [0.2, 0.25) is 10.0 Å². The van der Waals surface area contributed by atoms with Crippen LogP contribution in [-0.4, -0.2) is 58.5 Å². The molecule has 0 fully saturated rings. The van der Waals surface area contributed by atoms with Crippen molar-refractivity contribution in [2.45, 2.75) is 44.6 Å². The number of carbonyl (C=O) groups is 1. The Bertz CT molecular complexity index is 691. The molecule has 0 amide bonds. The van der Waals surface area contributed by atoms with Gasteiger partial charge in [-0.2, -0.15) is 0 Å². The van der Waals surface area contributed by atoms with Crippen LogP contribution in [0.1, 0.15) is 44.0 Å². The molecule has 0 atom stereocenters. The fourth-order valence-electron chi connectivity index (χ4n) is 2.24. The van der Waals surface area contributed by atoms with Gasteiger partial charge in [0.15, 0.2) is 0 Å². The second-order valence-corrected chi connectivity index (χ2v) is 7.93. The summed E-state index contributed by atoms with van der Waals surface area (Å²) >= 11 is 0. The van der Waals surface area contributed by atoms with Crippen molar-refractivity contribution in [2.24, 2.45) is 0 Å². The van der Waals surface area contributed by atoms with Crippen LogP contribution in [0.4, 0.5) is 5.69 Å². The second-order valence-electron chi connectivity index (χ2n) is 6.16. The van der Waals surface area contributed by atoms with Crippen molar-refractivity contribution in [1.82, 2.24) is 4.72 Å². The first-order valence-corrected chi connectivity index (χ1v) is 10.6. The summed E-state index contributed by atoms with van der Waals surface area (Å²) in [6.45, 7) is 8.10. The summed E-state index contributed by atoms with van der Waals surface area (Å²) in [7, 11) is -3.78. The van der Waals surface area contributed by atoms with E-state index in [1.54, 1.807) is 0 Å². The number of nitrogens with one attached hydrogen (secondary N) is 2. The Morgan fingerprint density at radius 2 is 1.89 bits per heavy atom. The number of rotatable bonds is 14. The number of anilines is 1. The lowest BCUT2D eigenvalue weighted by Crippen LogP contribution is -2.26. The molecular formula is C18H30N2O6S. The van der Waals surface area contributed by atoms with Crippen molar-refractivity contribution in [3.63, 3.8) is 0 Å². The predicted octanol–water partition coefficient (Wildman–Crippen LogP) is 2.32. The molecule has 154 valence electrons. The summed E-state index contributed by atoms with van der Waals surface area (Å²) in [5, 5.41) is 12.4. The number of hydrogen-bond acceptors (Lipinski definition) is 6. The second kappa shape index (κ2) is 11.9. The third-order valence-electron chi connectivity index (χ3n) is 3.58. The maximum Gasteiger partial charge on any atom is 0.337 e. The molecule has 1 aromatic carbocycles. The molecule has 0 aliphatic rings. The van der Waals surface area contributed by atoms with Crippen molar-refractivity contribution in [3.8, 4) is 0 Å². The highest BCUT2D eigenvalue weighted by atomic mass is 32.2. The van der Waals surface area contributed by atoms with Crippen molar-refractivity contribution in [1.29, 1.82) is 0 Å². The van der Waals surface area contributed by atoms with Crippen LogP contribution in [0.3, 0.4) is 0 Å². The number of benzene rings is 1. The van der Waals surface area contributed by atoms with Gasteiger partial charge in [0.1, 0.15) is 0 Å². The third-order valence-corrected chi connectivity index (χ3v) is 5.04. The Kier molecular flexibility index (Phi) is 10.3. The van der Waals surface area contributed by atoms with Gasteiger partial charge in [0.25, 0.3) is 0 Å². The van der Waals surface area contributed by atoms with Crippen molar-refractivity contribution < 1.29 is 27.8 Å². The zero-order valence-corrected chi connectivity index (χ0v) is 17.0. The van der Waals surface area contributed by atoms with E-state index in [-0.39, 0.29) is 23.1 Å². The molecule has 9 heteroatoms. The minimum absolute atomic E-state index is 0.0787. The fraction of sp³-hybridized carbons (Fsp3) is 0.611. The summed E-state index contributed by atoms with van der Waals surface area (Å²) in [6.07, 6.45) is 1.39. The molecule has 0 aliphatic heterocycles. The van der Waals surface area contributed by atoms with E-state index in [4.69, 9.17) is 9.47 Å². The number of sulfonamides is 1. The fourth-order valence-corrected chi connectivity index (χ4v) is 3.34. The summed E-state index contributed by atoms with van der Waals surface area (Å²) < 4.78 is 37.7. The first-order valence-electron chi connectivity index (χ1n) is 9.08. The van der Waals surface area contributed by atoms with E-state index in [0.717, 1.165) is 0 Å². The van der Waals surface area contributed by atoms with Gasteiger partial charge in [0.05, 0.1) is 16.6 Å². The molecule has 0 heterocycles. The topological polar surface area (TPSA) is 114 Å². The van der Waals surface area contributed by atoms with Crippen LogP contribution in [0, 0.1) is 0 Å². The molecule has 1 aromatic rings. The van der Waals surface area contributed by atoms with E-state index in [2.05, 4.69) is 10.0 Å². The Hall–Kier alpha value is -1.68. The van der Waals surface area contributed by atoms with Crippen LogP contribution in [0.5, 0.6) is 0 Å². The van der Waals surface area contributed by atoms with Gasteiger partial charge < -0.3 is 19.9 Å². The van der Waals surface area contributed by atoms with Gasteiger partial charge in [-0.15, -0.1) is 0 Å². The molecule has 0 saturated carbocycles. The van der Waals surface area contributed by atoms with Crippen LogP contribution in [0.2, 0.25) is 0 Å². The molecule has 0 aromatic heterocycles. The van der Waals surface area contributed by atoms with Crippen LogP contribution in [0.25, 0.3) is 0 Å². The molecule has 8 nitrogen and oxygen atoms in total. The van der Waals surface area contributed by atoms with Crippen molar-refractivity contribution in [2.75, 3.05) is 38.2 Å². The average Bonchev–Trinajstić information content (AvgIpc) is 2.60. The minimum atomic E-state index is -3.78. The number of aromatic carboxylic acids is 1. The van der Waals surface area contributed by atoms with Crippen molar-refractivity contribution in [3.05, 3.63) is 23.8 Å². The first kappa shape index (κ1) is 23.4. The zero-order chi connectivity index (χ0) is 20.3. The lowest BCUT2D eigenvalue weighted by atomic mass is 10.2. The summed E-state index contributed by atoms with van der Waals surface area (Å²) in [5.41, 5.74) is 0.291. The van der Waals surface area contributed by atoms with Gasteiger partial charge in [-0.3, -0.25) is 0 Å². The van der Waals surface area contributed by atoms with Gasteiger partial charge in [-0.25, -0.2) is 17.9 Å². The molecule has 3 N–H and O–H groups in total. The van der Waals surface area contributed by atoms with Crippen LogP contribution in [-0.2, 0) is 19.5 Å². The smallest absolute Gasteiger partial charge is 0.337 e. The van der Waals surface area contributed by atoms with Gasteiger partial charge in [0, 0.05) is 38.6 Å². The Balaban J connectivity index is 2.72. The number of hydrogen-bond donors (Lipinski definition) is 3. The molecule has 0 aliphatic carbocycles. The Morgan fingerprint density at radius 1 is 1.19 bits per heavy atom. The van der Waals surface area contributed by atoms with Crippen molar-refractivity contribution >= 4 is 21.7 Å². The van der Waals surface area contributed by atoms with Gasteiger partial charge in [-0.1, -0.05) is 0 Å². The summed E-state index contributed by atoms with van der Waals surface area (Å²) in [6, 6.07) is 4.03.